The fourth-order valence-corrected chi connectivity index (χ4v) is 3.11. The highest BCUT2D eigenvalue weighted by atomic mass is 16.5. The van der Waals surface area contributed by atoms with Gasteiger partial charge in [0.1, 0.15) is 23.0 Å². The van der Waals surface area contributed by atoms with Crippen LogP contribution in [0.25, 0.3) is 0 Å². The average Bonchev–Trinajstić information content (AvgIpc) is 2.81. The van der Waals surface area contributed by atoms with Crippen molar-refractivity contribution in [3.63, 3.8) is 0 Å². The first-order valence-electron chi connectivity index (χ1n) is 9.54. The molecule has 0 bridgehead atoms. The summed E-state index contributed by atoms with van der Waals surface area (Å²) in [7, 11) is 0. The molecule has 0 aliphatic carbocycles. The third-order valence-electron chi connectivity index (χ3n) is 4.71. The van der Waals surface area contributed by atoms with Gasteiger partial charge >= 0.3 is 0 Å². The van der Waals surface area contributed by atoms with Gasteiger partial charge in [0, 0.05) is 11.1 Å². The molecule has 0 unspecified atom stereocenters. The minimum absolute atomic E-state index is 0.585. The van der Waals surface area contributed by atoms with Gasteiger partial charge in [0.2, 0.25) is 0 Å². The summed E-state index contributed by atoms with van der Waals surface area (Å²) in [4.78, 5) is 0. The van der Waals surface area contributed by atoms with E-state index in [-0.39, 0.29) is 0 Å². The largest absolute Gasteiger partial charge is 0.457 e. The standard InChI is InChI=1S/C27H20O3/c1-2-27(28,21-13-17-25(18-14-21)29-23-9-5-3-6-10-23)22-15-19-26(20-16-22)30-24-11-7-4-8-12-24/h1,3-20,28H. The summed E-state index contributed by atoms with van der Waals surface area (Å²) >= 11 is 0. The van der Waals surface area contributed by atoms with Gasteiger partial charge in [-0.25, -0.2) is 0 Å². The number of aliphatic hydroxyl groups is 1. The molecule has 0 aliphatic rings. The van der Waals surface area contributed by atoms with E-state index in [1.165, 1.54) is 0 Å². The summed E-state index contributed by atoms with van der Waals surface area (Å²) in [5, 5.41) is 11.2. The molecule has 0 amide bonds. The maximum Gasteiger partial charge on any atom is 0.176 e. The second-order valence-corrected chi connectivity index (χ2v) is 6.73. The third-order valence-corrected chi connectivity index (χ3v) is 4.71. The zero-order chi connectivity index (χ0) is 20.8. The molecule has 0 spiro atoms. The van der Waals surface area contributed by atoms with Crippen LogP contribution in [0.15, 0.2) is 109 Å². The Morgan fingerprint density at radius 2 is 0.867 bits per heavy atom. The van der Waals surface area contributed by atoms with Crippen molar-refractivity contribution >= 4 is 0 Å². The van der Waals surface area contributed by atoms with Crippen molar-refractivity contribution in [2.24, 2.45) is 0 Å². The van der Waals surface area contributed by atoms with E-state index < -0.39 is 5.60 Å². The summed E-state index contributed by atoms with van der Waals surface area (Å²) in [6.07, 6.45) is 5.73. The Balaban J connectivity index is 1.53. The van der Waals surface area contributed by atoms with E-state index in [4.69, 9.17) is 15.9 Å². The molecule has 0 fully saturated rings. The minimum atomic E-state index is -1.56. The number of benzene rings is 4. The Bertz CT molecular complexity index is 1040. The fourth-order valence-electron chi connectivity index (χ4n) is 3.11. The Kier molecular flexibility index (Phi) is 5.52. The molecule has 3 heteroatoms. The van der Waals surface area contributed by atoms with Crippen molar-refractivity contribution < 1.29 is 14.6 Å². The first-order valence-corrected chi connectivity index (χ1v) is 9.54. The summed E-state index contributed by atoms with van der Waals surface area (Å²) in [6, 6.07) is 33.3. The van der Waals surface area contributed by atoms with Gasteiger partial charge in [-0.15, -0.1) is 6.42 Å². The van der Waals surface area contributed by atoms with Crippen molar-refractivity contribution in [3.05, 3.63) is 120 Å². The number of hydrogen-bond acceptors (Lipinski definition) is 3. The molecular formula is C27H20O3. The van der Waals surface area contributed by atoms with E-state index in [2.05, 4.69) is 5.92 Å². The quantitative estimate of drug-likeness (QED) is 0.401. The third kappa shape index (κ3) is 4.20. The molecule has 4 aromatic rings. The van der Waals surface area contributed by atoms with Crippen molar-refractivity contribution in [3.8, 4) is 35.3 Å². The fraction of sp³-hybridized carbons (Fsp3) is 0.0370. The highest BCUT2D eigenvalue weighted by Crippen LogP contribution is 2.33. The number of terminal acetylenes is 1. The van der Waals surface area contributed by atoms with Gasteiger partial charge in [0.15, 0.2) is 5.60 Å². The van der Waals surface area contributed by atoms with E-state index in [0.717, 1.165) is 11.5 Å². The van der Waals surface area contributed by atoms with Crippen LogP contribution in [0, 0.1) is 12.3 Å². The number of hydrogen-bond donors (Lipinski definition) is 1. The van der Waals surface area contributed by atoms with Crippen LogP contribution < -0.4 is 9.47 Å². The predicted octanol–water partition coefficient (Wildman–Crippen LogP) is 6.14. The van der Waals surface area contributed by atoms with E-state index in [1.807, 2.05) is 60.7 Å². The van der Waals surface area contributed by atoms with Gasteiger partial charge in [-0.3, -0.25) is 0 Å². The molecule has 0 heterocycles. The number of para-hydroxylation sites is 2. The smallest absolute Gasteiger partial charge is 0.176 e. The molecule has 0 atom stereocenters. The molecular weight excluding hydrogens is 372 g/mol. The lowest BCUT2D eigenvalue weighted by Crippen LogP contribution is -2.24. The van der Waals surface area contributed by atoms with Crippen molar-refractivity contribution in [2.45, 2.75) is 5.60 Å². The lowest BCUT2D eigenvalue weighted by molar-refractivity contribution is 0.145. The lowest BCUT2D eigenvalue weighted by Gasteiger charge is -2.24. The molecule has 30 heavy (non-hydrogen) atoms. The Morgan fingerprint density at radius 1 is 0.533 bits per heavy atom. The van der Waals surface area contributed by atoms with Gasteiger partial charge in [-0.05, 0) is 48.5 Å². The SMILES string of the molecule is C#CC(O)(c1ccc(Oc2ccccc2)cc1)c1ccc(Oc2ccccc2)cc1. The van der Waals surface area contributed by atoms with Crippen LogP contribution in [0.3, 0.4) is 0 Å². The van der Waals surface area contributed by atoms with Crippen molar-refractivity contribution in [2.75, 3.05) is 0 Å². The Morgan fingerprint density at radius 3 is 1.20 bits per heavy atom. The molecule has 0 aliphatic heterocycles. The summed E-state index contributed by atoms with van der Waals surface area (Å²) in [5.74, 6) is 5.33. The second-order valence-electron chi connectivity index (χ2n) is 6.73. The topological polar surface area (TPSA) is 38.7 Å². The maximum absolute atomic E-state index is 11.2. The van der Waals surface area contributed by atoms with Crippen LogP contribution in [-0.2, 0) is 5.60 Å². The van der Waals surface area contributed by atoms with E-state index in [1.54, 1.807) is 48.5 Å². The zero-order valence-corrected chi connectivity index (χ0v) is 16.2. The van der Waals surface area contributed by atoms with Gasteiger partial charge in [0.25, 0.3) is 0 Å². The average molecular weight is 392 g/mol. The molecule has 0 radical (unpaired) electrons. The number of rotatable bonds is 6. The predicted molar refractivity (Wildman–Crippen MR) is 118 cm³/mol. The van der Waals surface area contributed by atoms with Crippen LogP contribution in [0.2, 0.25) is 0 Å². The Hall–Kier alpha value is -4.00. The second kappa shape index (κ2) is 8.57. The zero-order valence-electron chi connectivity index (χ0n) is 16.2. The van der Waals surface area contributed by atoms with E-state index in [0.29, 0.717) is 22.6 Å². The summed E-state index contributed by atoms with van der Waals surface area (Å²) < 4.78 is 11.6. The van der Waals surface area contributed by atoms with Crippen molar-refractivity contribution in [1.29, 1.82) is 0 Å². The minimum Gasteiger partial charge on any atom is -0.457 e. The van der Waals surface area contributed by atoms with Gasteiger partial charge < -0.3 is 14.6 Å². The number of ether oxygens (including phenoxy) is 2. The molecule has 4 aromatic carbocycles. The van der Waals surface area contributed by atoms with Crippen LogP contribution in [-0.4, -0.2) is 5.11 Å². The van der Waals surface area contributed by atoms with Crippen LogP contribution >= 0.6 is 0 Å². The summed E-state index contributed by atoms with van der Waals surface area (Å²) in [6.45, 7) is 0. The molecule has 0 saturated heterocycles. The maximum atomic E-state index is 11.2. The van der Waals surface area contributed by atoms with E-state index in [9.17, 15) is 5.11 Å². The lowest BCUT2D eigenvalue weighted by atomic mass is 9.87. The van der Waals surface area contributed by atoms with Crippen LogP contribution in [0.4, 0.5) is 0 Å². The monoisotopic (exact) mass is 392 g/mol. The van der Waals surface area contributed by atoms with Crippen molar-refractivity contribution in [1.82, 2.24) is 0 Å². The normalized spacial score (nSPS) is 10.8. The van der Waals surface area contributed by atoms with Crippen LogP contribution in [0.5, 0.6) is 23.0 Å². The first-order chi connectivity index (χ1) is 14.7. The van der Waals surface area contributed by atoms with Crippen LogP contribution in [0.1, 0.15) is 11.1 Å². The molecule has 1 N–H and O–H groups in total. The molecule has 4 rings (SSSR count). The molecule has 0 aromatic heterocycles. The van der Waals surface area contributed by atoms with Gasteiger partial charge in [0.05, 0.1) is 0 Å². The van der Waals surface area contributed by atoms with Gasteiger partial charge in [-0.1, -0.05) is 66.6 Å². The molecule has 0 saturated carbocycles. The van der Waals surface area contributed by atoms with E-state index >= 15 is 0 Å². The summed E-state index contributed by atoms with van der Waals surface area (Å²) in [5.41, 5.74) is -0.388. The highest BCUT2D eigenvalue weighted by molar-refractivity contribution is 5.47. The van der Waals surface area contributed by atoms with Gasteiger partial charge in [-0.2, -0.15) is 0 Å². The first kappa shape index (κ1) is 19.3. The molecule has 3 nitrogen and oxygen atoms in total. The Labute approximate surface area is 176 Å². The molecule has 146 valence electrons. The highest BCUT2D eigenvalue weighted by Gasteiger charge is 2.29.